The third-order valence-corrected chi connectivity index (χ3v) is 2.12. The van der Waals surface area contributed by atoms with Crippen LogP contribution in [0.25, 0.3) is 0 Å². The second kappa shape index (κ2) is 6.43. The minimum atomic E-state index is -0.801. The molecule has 4 nitrogen and oxygen atoms in total. The highest BCUT2D eigenvalue weighted by Crippen LogP contribution is 2.20. The average molecular weight is 215 g/mol. The molecule has 0 saturated carbocycles. The van der Waals surface area contributed by atoms with Crippen LogP contribution in [0.2, 0.25) is 0 Å². The van der Waals surface area contributed by atoms with E-state index in [1.54, 1.807) is 6.92 Å². The minimum Gasteiger partial charge on any atom is -0.459 e. The van der Waals surface area contributed by atoms with Crippen LogP contribution in [0, 0.1) is 5.41 Å². The zero-order valence-electron chi connectivity index (χ0n) is 10.1. The third kappa shape index (κ3) is 6.10. The molecule has 0 spiro atoms. The standard InChI is InChI=1S/C11H21NO3/c1-5-7-11(3,4)8-12-9(13)10(14)15-6-2/h5-8H2,1-4H3,(H,12,13). The summed E-state index contributed by atoms with van der Waals surface area (Å²) in [5.74, 6) is -1.45. The van der Waals surface area contributed by atoms with Crippen molar-refractivity contribution in [1.82, 2.24) is 5.32 Å². The summed E-state index contributed by atoms with van der Waals surface area (Å²) in [6.07, 6.45) is 2.07. The van der Waals surface area contributed by atoms with E-state index in [0.29, 0.717) is 6.54 Å². The van der Waals surface area contributed by atoms with Crippen LogP contribution in [0.3, 0.4) is 0 Å². The molecular formula is C11H21NO3. The van der Waals surface area contributed by atoms with Crippen molar-refractivity contribution in [2.24, 2.45) is 5.41 Å². The summed E-state index contributed by atoms with van der Waals surface area (Å²) in [4.78, 5) is 22.2. The molecule has 0 radical (unpaired) electrons. The van der Waals surface area contributed by atoms with Gasteiger partial charge in [0.15, 0.2) is 0 Å². The zero-order chi connectivity index (χ0) is 11.9. The Kier molecular flexibility index (Phi) is 5.97. The summed E-state index contributed by atoms with van der Waals surface area (Å²) in [7, 11) is 0. The van der Waals surface area contributed by atoms with Crippen LogP contribution in [0.1, 0.15) is 40.5 Å². The predicted molar refractivity (Wildman–Crippen MR) is 58.3 cm³/mol. The number of carbonyl (C=O) groups is 2. The van der Waals surface area contributed by atoms with Gasteiger partial charge in [0.25, 0.3) is 0 Å². The lowest BCUT2D eigenvalue weighted by Gasteiger charge is -2.23. The number of amides is 1. The molecule has 0 aliphatic heterocycles. The first-order valence-electron chi connectivity index (χ1n) is 5.38. The van der Waals surface area contributed by atoms with Crippen molar-refractivity contribution < 1.29 is 14.3 Å². The van der Waals surface area contributed by atoms with Gasteiger partial charge in [-0.2, -0.15) is 0 Å². The van der Waals surface area contributed by atoms with E-state index < -0.39 is 11.9 Å². The number of esters is 1. The Hall–Kier alpha value is -1.06. The fourth-order valence-corrected chi connectivity index (χ4v) is 1.35. The molecule has 0 rings (SSSR count). The number of ether oxygens (including phenoxy) is 1. The SMILES string of the molecule is CCCC(C)(C)CNC(=O)C(=O)OCC. The van der Waals surface area contributed by atoms with Gasteiger partial charge in [-0.15, -0.1) is 0 Å². The first-order chi connectivity index (χ1) is 6.93. The molecule has 0 unspecified atom stereocenters. The van der Waals surface area contributed by atoms with Gasteiger partial charge in [0.1, 0.15) is 0 Å². The Labute approximate surface area is 91.4 Å². The van der Waals surface area contributed by atoms with E-state index in [9.17, 15) is 9.59 Å². The molecule has 88 valence electrons. The molecule has 0 aliphatic carbocycles. The van der Waals surface area contributed by atoms with Gasteiger partial charge in [-0.3, -0.25) is 4.79 Å². The predicted octanol–water partition coefficient (Wildman–Crippen LogP) is 1.49. The van der Waals surface area contributed by atoms with Crippen LogP contribution in [-0.4, -0.2) is 25.0 Å². The summed E-state index contributed by atoms with van der Waals surface area (Å²) >= 11 is 0. The maximum Gasteiger partial charge on any atom is 0.396 e. The van der Waals surface area contributed by atoms with E-state index in [0.717, 1.165) is 12.8 Å². The van der Waals surface area contributed by atoms with Gasteiger partial charge in [0.05, 0.1) is 6.61 Å². The molecule has 0 heterocycles. The average Bonchev–Trinajstić information content (AvgIpc) is 2.14. The number of hydrogen-bond acceptors (Lipinski definition) is 3. The summed E-state index contributed by atoms with van der Waals surface area (Å²) < 4.78 is 4.58. The van der Waals surface area contributed by atoms with E-state index in [1.807, 2.05) is 0 Å². The van der Waals surface area contributed by atoms with Crippen LogP contribution in [-0.2, 0) is 14.3 Å². The minimum absolute atomic E-state index is 0.0247. The quantitative estimate of drug-likeness (QED) is 0.558. The first-order valence-corrected chi connectivity index (χ1v) is 5.38. The topological polar surface area (TPSA) is 55.4 Å². The fourth-order valence-electron chi connectivity index (χ4n) is 1.35. The van der Waals surface area contributed by atoms with Crippen molar-refractivity contribution >= 4 is 11.9 Å². The maximum absolute atomic E-state index is 11.2. The smallest absolute Gasteiger partial charge is 0.396 e. The van der Waals surface area contributed by atoms with Crippen LogP contribution in [0.15, 0.2) is 0 Å². The molecular weight excluding hydrogens is 194 g/mol. The summed E-state index contributed by atoms with van der Waals surface area (Å²) in [5, 5.41) is 2.58. The summed E-state index contributed by atoms with van der Waals surface area (Å²) in [6, 6.07) is 0. The van der Waals surface area contributed by atoms with Crippen LogP contribution in [0.4, 0.5) is 0 Å². The molecule has 0 aromatic heterocycles. The van der Waals surface area contributed by atoms with Gasteiger partial charge < -0.3 is 10.1 Å². The lowest BCUT2D eigenvalue weighted by atomic mass is 9.88. The van der Waals surface area contributed by atoms with Gasteiger partial charge in [-0.25, -0.2) is 4.79 Å². The largest absolute Gasteiger partial charge is 0.459 e. The zero-order valence-corrected chi connectivity index (χ0v) is 10.1. The normalized spacial score (nSPS) is 10.9. The molecule has 0 saturated heterocycles. The van der Waals surface area contributed by atoms with Crippen molar-refractivity contribution in [3.8, 4) is 0 Å². The highest BCUT2D eigenvalue weighted by atomic mass is 16.5. The molecule has 1 N–H and O–H groups in total. The molecule has 0 atom stereocenters. The van der Waals surface area contributed by atoms with Crippen molar-refractivity contribution in [1.29, 1.82) is 0 Å². The lowest BCUT2D eigenvalue weighted by Crippen LogP contribution is -2.38. The van der Waals surface area contributed by atoms with Gasteiger partial charge >= 0.3 is 11.9 Å². The number of rotatable bonds is 5. The molecule has 1 amide bonds. The molecule has 0 aromatic carbocycles. The van der Waals surface area contributed by atoms with E-state index in [2.05, 4.69) is 30.8 Å². The molecule has 0 aliphatic rings. The van der Waals surface area contributed by atoms with Crippen LogP contribution >= 0.6 is 0 Å². The summed E-state index contributed by atoms with van der Waals surface area (Å²) in [6.45, 7) is 8.61. The molecule has 0 aromatic rings. The fraction of sp³-hybridized carbons (Fsp3) is 0.818. The van der Waals surface area contributed by atoms with E-state index in [-0.39, 0.29) is 12.0 Å². The Balaban J connectivity index is 3.94. The molecule has 15 heavy (non-hydrogen) atoms. The lowest BCUT2D eigenvalue weighted by molar-refractivity contribution is -0.154. The van der Waals surface area contributed by atoms with Crippen LogP contribution in [0.5, 0.6) is 0 Å². The maximum atomic E-state index is 11.2. The molecule has 0 bridgehead atoms. The van der Waals surface area contributed by atoms with Crippen molar-refractivity contribution in [2.75, 3.05) is 13.2 Å². The molecule has 0 fully saturated rings. The highest BCUT2D eigenvalue weighted by Gasteiger charge is 2.20. The van der Waals surface area contributed by atoms with E-state index >= 15 is 0 Å². The Bertz CT molecular complexity index is 224. The Morgan fingerprint density at radius 3 is 2.33 bits per heavy atom. The second-order valence-corrected chi connectivity index (χ2v) is 4.32. The van der Waals surface area contributed by atoms with Crippen molar-refractivity contribution in [3.63, 3.8) is 0 Å². The van der Waals surface area contributed by atoms with Gasteiger partial charge in [-0.1, -0.05) is 27.2 Å². The van der Waals surface area contributed by atoms with Crippen molar-refractivity contribution in [2.45, 2.75) is 40.5 Å². The highest BCUT2D eigenvalue weighted by molar-refractivity contribution is 6.32. The number of nitrogens with one attached hydrogen (secondary N) is 1. The van der Waals surface area contributed by atoms with Gasteiger partial charge in [0.2, 0.25) is 0 Å². The third-order valence-electron chi connectivity index (χ3n) is 2.12. The van der Waals surface area contributed by atoms with E-state index in [4.69, 9.17) is 0 Å². The van der Waals surface area contributed by atoms with E-state index in [1.165, 1.54) is 0 Å². The number of hydrogen-bond donors (Lipinski definition) is 1. The Morgan fingerprint density at radius 1 is 1.27 bits per heavy atom. The Morgan fingerprint density at radius 2 is 1.87 bits per heavy atom. The summed E-state index contributed by atoms with van der Waals surface area (Å²) in [5.41, 5.74) is 0.0247. The second-order valence-electron chi connectivity index (χ2n) is 4.32. The van der Waals surface area contributed by atoms with Gasteiger partial charge in [0, 0.05) is 6.54 Å². The van der Waals surface area contributed by atoms with Gasteiger partial charge in [-0.05, 0) is 18.8 Å². The first kappa shape index (κ1) is 13.9. The monoisotopic (exact) mass is 215 g/mol. The molecule has 4 heteroatoms. The van der Waals surface area contributed by atoms with Crippen molar-refractivity contribution in [3.05, 3.63) is 0 Å². The van der Waals surface area contributed by atoms with Crippen LogP contribution < -0.4 is 5.32 Å². The number of carbonyl (C=O) groups excluding carboxylic acids is 2.